The van der Waals surface area contributed by atoms with E-state index < -0.39 is 5.82 Å². The number of halogens is 3. The predicted molar refractivity (Wildman–Crippen MR) is 72.7 cm³/mol. The highest BCUT2D eigenvalue weighted by Crippen LogP contribution is 2.27. The molecule has 94 valence electrons. The van der Waals surface area contributed by atoms with Crippen LogP contribution in [-0.4, -0.2) is 4.98 Å². The second kappa shape index (κ2) is 5.55. The molecule has 5 heteroatoms. The van der Waals surface area contributed by atoms with E-state index in [1.807, 2.05) is 13.0 Å². The van der Waals surface area contributed by atoms with Crippen LogP contribution in [-0.2, 0) is 6.54 Å². The van der Waals surface area contributed by atoms with Gasteiger partial charge in [0.2, 0.25) is 0 Å². The number of anilines is 1. The molecule has 0 unspecified atom stereocenters. The maximum absolute atomic E-state index is 13.2. The van der Waals surface area contributed by atoms with Crippen molar-refractivity contribution in [2.75, 3.05) is 5.32 Å². The molecule has 1 aromatic carbocycles. The quantitative estimate of drug-likeness (QED) is 0.843. The minimum atomic E-state index is -0.596. The van der Waals surface area contributed by atoms with Crippen LogP contribution in [0.3, 0.4) is 0 Å². The van der Waals surface area contributed by atoms with E-state index in [4.69, 9.17) is 23.2 Å². The van der Waals surface area contributed by atoms with Crippen LogP contribution in [0.2, 0.25) is 10.0 Å². The van der Waals surface area contributed by atoms with Gasteiger partial charge in [-0.25, -0.2) is 4.39 Å². The van der Waals surface area contributed by atoms with Crippen LogP contribution >= 0.6 is 23.2 Å². The van der Waals surface area contributed by atoms with Crippen LogP contribution in [0.1, 0.15) is 11.1 Å². The van der Waals surface area contributed by atoms with Gasteiger partial charge in [0.15, 0.2) is 5.82 Å². The summed E-state index contributed by atoms with van der Waals surface area (Å²) in [5.74, 6) is -0.596. The van der Waals surface area contributed by atoms with Crippen molar-refractivity contribution in [3.8, 4) is 0 Å². The van der Waals surface area contributed by atoms with E-state index in [-0.39, 0.29) is 10.0 Å². The summed E-state index contributed by atoms with van der Waals surface area (Å²) in [5, 5.41) is 3.15. The molecule has 2 rings (SSSR count). The third kappa shape index (κ3) is 2.92. The molecule has 1 heterocycles. The minimum absolute atomic E-state index is 0.00732. The fourth-order valence-electron chi connectivity index (χ4n) is 1.54. The van der Waals surface area contributed by atoms with Gasteiger partial charge in [0.05, 0.1) is 10.0 Å². The Morgan fingerprint density at radius 2 is 1.94 bits per heavy atom. The van der Waals surface area contributed by atoms with Gasteiger partial charge < -0.3 is 5.32 Å². The van der Waals surface area contributed by atoms with E-state index in [2.05, 4.69) is 10.3 Å². The number of nitrogens with one attached hydrogen (secondary N) is 1. The summed E-state index contributed by atoms with van der Waals surface area (Å²) in [6.07, 6.45) is 3.53. The number of hydrogen-bond donors (Lipinski definition) is 1. The molecule has 2 nitrogen and oxygen atoms in total. The van der Waals surface area contributed by atoms with Crippen LogP contribution in [0.5, 0.6) is 0 Å². The number of benzene rings is 1. The van der Waals surface area contributed by atoms with Gasteiger partial charge in [-0.3, -0.25) is 4.98 Å². The zero-order valence-corrected chi connectivity index (χ0v) is 11.2. The van der Waals surface area contributed by atoms with E-state index in [9.17, 15) is 4.39 Å². The number of aryl methyl sites for hydroxylation is 1. The number of aromatic nitrogens is 1. The molecule has 0 saturated heterocycles. The maximum Gasteiger partial charge on any atom is 0.160 e. The highest BCUT2D eigenvalue weighted by Gasteiger charge is 2.07. The van der Waals surface area contributed by atoms with Gasteiger partial charge >= 0.3 is 0 Å². The Morgan fingerprint density at radius 3 is 2.56 bits per heavy atom. The van der Waals surface area contributed by atoms with Crippen molar-refractivity contribution in [3.05, 3.63) is 57.6 Å². The van der Waals surface area contributed by atoms with Crippen LogP contribution < -0.4 is 5.32 Å². The minimum Gasteiger partial charge on any atom is -0.381 e. The molecule has 1 N–H and O–H groups in total. The topological polar surface area (TPSA) is 24.9 Å². The fourth-order valence-corrected chi connectivity index (χ4v) is 2.02. The molecular weight excluding hydrogens is 274 g/mol. The van der Waals surface area contributed by atoms with Crippen molar-refractivity contribution in [2.45, 2.75) is 13.5 Å². The smallest absolute Gasteiger partial charge is 0.160 e. The van der Waals surface area contributed by atoms with Gasteiger partial charge in [-0.05, 0) is 36.2 Å². The zero-order valence-electron chi connectivity index (χ0n) is 9.67. The van der Waals surface area contributed by atoms with E-state index in [1.54, 1.807) is 12.4 Å². The molecular formula is C13H11Cl2FN2. The monoisotopic (exact) mass is 284 g/mol. The van der Waals surface area contributed by atoms with Gasteiger partial charge in [0.25, 0.3) is 0 Å². The van der Waals surface area contributed by atoms with E-state index in [0.717, 1.165) is 11.1 Å². The maximum atomic E-state index is 13.2. The lowest BCUT2D eigenvalue weighted by atomic mass is 10.1. The van der Waals surface area contributed by atoms with Crippen LogP contribution in [0.25, 0.3) is 0 Å². The zero-order chi connectivity index (χ0) is 13.1. The molecule has 0 aliphatic carbocycles. The Balaban J connectivity index is 2.14. The Hall–Kier alpha value is -1.32. The molecule has 0 amide bonds. The van der Waals surface area contributed by atoms with Crippen LogP contribution in [0.15, 0.2) is 30.6 Å². The molecule has 0 saturated carbocycles. The third-order valence-electron chi connectivity index (χ3n) is 2.61. The molecule has 0 fully saturated rings. The molecule has 0 atom stereocenters. The molecule has 18 heavy (non-hydrogen) atoms. The van der Waals surface area contributed by atoms with Crippen molar-refractivity contribution < 1.29 is 4.39 Å². The van der Waals surface area contributed by atoms with Crippen LogP contribution in [0.4, 0.5) is 10.1 Å². The van der Waals surface area contributed by atoms with Crippen molar-refractivity contribution in [1.82, 2.24) is 4.98 Å². The highest BCUT2D eigenvalue weighted by atomic mass is 35.5. The lowest BCUT2D eigenvalue weighted by molar-refractivity contribution is 0.629. The van der Waals surface area contributed by atoms with Gasteiger partial charge in [-0.15, -0.1) is 0 Å². The second-order valence-electron chi connectivity index (χ2n) is 3.91. The fraction of sp³-hybridized carbons (Fsp3) is 0.154. The first-order valence-corrected chi connectivity index (χ1v) is 6.11. The summed E-state index contributed by atoms with van der Waals surface area (Å²) in [4.78, 5) is 4.05. The average molecular weight is 285 g/mol. The predicted octanol–water partition coefficient (Wildman–Crippen LogP) is 4.45. The van der Waals surface area contributed by atoms with Crippen molar-refractivity contribution >= 4 is 28.9 Å². The summed E-state index contributed by atoms with van der Waals surface area (Å²) in [7, 11) is 0. The van der Waals surface area contributed by atoms with Gasteiger partial charge in [0.1, 0.15) is 0 Å². The van der Waals surface area contributed by atoms with E-state index in [1.165, 1.54) is 12.1 Å². The summed E-state index contributed by atoms with van der Waals surface area (Å²) in [6.45, 7) is 2.58. The number of rotatable bonds is 3. The third-order valence-corrected chi connectivity index (χ3v) is 3.16. The molecule has 1 aromatic heterocycles. The second-order valence-corrected chi connectivity index (χ2v) is 4.72. The number of nitrogens with zero attached hydrogens (tertiary/aromatic N) is 1. The summed E-state index contributed by atoms with van der Waals surface area (Å²) in [6, 6.07) is 4.95. The van der Waals surface area contributed by atoms with E-state index >= 15 is 0 Å². The number of hydrogen-bond acceptors (Lipinski definition) is 2. The van der Waals surface area contributed by atoms with Crippen molar-refractivity contribution in [2.24, 2.45) is 0 Å². The normalized spacial score (nSPS) is 10.4. The molecule has 0 spiro atoms. The molecule has 0 aliphatic heterocycles. The van der Waals surface area contributed by atoms with E-state index in [0.29, 0.717) is 12.2 Å². The average Bonchev–Trinajstić information content (AvgIpc) is 2.35. The summed E-state index contributed by atoms with van der Waals surface area (Å²) in [5.41, 5.74) is 2.88. The molecule has 0 bridgehead atoms. The van der Waals surface area contributed by atoms with Gasteiger partial charge in [-0.2, -0.15) is 0 Å². The van der Waals surface area contributed by atoms with Gasteiger partial charge in [-0.1, -0.05) is 23.2 Å². The first kappa shape index (κ1) is 13.1. The first-order chi connectivity index (χ1) is 8.58. The summed E-state index contributed by atoms with van der Waals surface area (Å²) >= 11 is 11.4. The van der Waals surface area contributed by atoms with Crippen LogP contribution in [0, 0.1) is 12.7 Å². The molecule has 0 radical (unpaired) electrons. The van der Waals surface area contributed by atoms with Crippen molar-refractivity contribution in [3.63, 3.8) is 0 Å². The largest absolute Gasteiger partial charge is 0.381 e. The highest BCUT2D eigenvalue weighted by molar-refractivity contribution is 6.35. The Labute approximate surface area is 115 Å². The van der Waals surface area contributed by atoms with Gasteiger partial charge in [0, 0.05) is 24.6 Å². The lowest BCUT2D eigenvalue weighted by Gasteiger charge is -2.09. The SMILES string of the molecule is Cc1ccncc1CNc1cc(Cl)c(F)c(Cl)c1. The Morgan fingerprint density at radius 1 is 1.28 bits per heavy atom. The first-order valence-electron chi connectivity index (χ1n) is 5.36. The standard InChI is InChI=1S/C13H11Cl2FN2/c1-8-2-3-17-6-9(8)7-18-10-4-11(14)13(16)12(15)5-10/h2-6,18H,7H2,1H3. The lowest BCUT2D eigenvalue weighted by Crippen LogP contribution is -2.02. The molecule has 2 aromatic rings. The summed E-state index contributed by atoms with van der Waals surface area (Å²) < 4.78 is 13.2. The van der Waals surface area contributed by atoms with Crippen molar-refractivity contribution in [1.29, 1.82) is 0 Å². The Bertz CT molecular complexity index is 550. The number of pyridine rings is 1. The Kier molecular flexibility index (Phi) is 4.04. The molecule has 0 aliphatic rings.